The van der Waals surface area contributed by atoms with Gasteiger partial charge in [0.2, 0.25) is 5.91 Å². The van der Waals surface area contributed by atoms with Gasteiger partial charge in [-0.25, -0.2) is 0 Å². The molecular weight excluding hydrogens is 374 g/mol. The normalized spacial score (nSPS) is 19.3. The number of nitrogens with zero attached hydrogens (tertiary/aromatic N) is 3. The molecule has 0 bridgehead atoms. The molecular formula is C25H21N3O2. The summed E-state index contributed by atoms with van der Waals surface area (Å²) in [4.78, 5) is 26.9. The number of para-hydroxylation sites is 1. The molecule has 2 aromatic carbocycles. The van der Waals surface area contributed by atoms with Crippen molar-refractivity contribution in [2.24, 2.45) is 16.1 Å². The van der Waals surface area contributed by atoms with Gasteiger partial charge in [0.25, 0.3) is 5.91 Å². The Labute approximate surface area is 175 Å². The van der Waals surface area contributed by atoms with Crippen LogP contribution in [0.25, 0.3) is 5.70 Å². The first kappa shape index (κ1) is 18.4. The molecule has 0 saturated carbocycles. The Morgan fingerprint density at radius 2 is 2.00 bits per heavy atom. The molecule has 2 aromatic rings. The number of amides is 2. The second-order valence-electron chi connectivity index (χ2n) is 7.81. The van der Waals surface area contributed by atoms with E-state index in [0.29, 0.717) is 6.42 Å². The number of carbonyl (C=O) groups excluding carboxylic acids is 2. The summed E-state index contributed by atoms with van der Waals surface area (Å²) >= 11 is 0. The van der Waals surface area contributed by atoms with Crippen molar-refractivity contribution in [2.45, 2.75) is 19.8 Å². The molecule has 3 aliphatic rings. The molecule has 1 aliphatic carbocycles. The third kappa shape index (κ3) is 3.12. The predicted octanol–water partition coefficient (Wildman–Crippen LogP) is 4.57. The predicted molar refractivity (Wildman–Crippen MR) is 116 cm³/mol. The van der Waals surface area contributed by atoms with E-state index in [9.17, 15) is 9.59 Å². The number of rotatable bonds is 3. The zero-order chi connectivity index (χ0) is 20.7. The average molecular weight is 395 g/mol. The highest BCUT2D eigenvalue weighted by molar-refractivity contribution is 5.97. The molecule has 0 saturated heterocycles. The first-order valence-corrected chi connectivity index (χ1v) is 10.1. The van der Waals surface area contributed by atoms with E-state index in [1.165, 1.54) is 5.56 Å². The molecule has 2 aliphatic heterocycles. The van der Waals surface area contributed by atoms with Gasteiger partial charge in [-0.1, -0.05) is 60.7 Å². The molecule has 0 aromatic heterocycles. The van der Waals surface area contributed by atoms with Gasteiger partial charge < -0.3 is 4.90 Å². The van der Waals surface area contributed by atoms with Crippen LogP contribution >= 0.6 is 0 Å². The fourth-order valence-electron chi connectivity index (χ4n) is 4.38. The first-order chi connectivity index (χ1) is 14.6. The Bertz CT molecular complexity index is 1190. The summed E-state index contributed by atoms with van der Waals surface area (Å²) in [5.41, 5.74) is 6.77. The van der Waals surface area contributed by atoms with Gasteiger partial charge in [-0.15, -0.1) is 10.2 Å². The van der Waals surface area contributed by atoms with Crippen molar-refractivity contribution < 1.29 is 9.59 Å². The van der Waals surface area contributed by atoms with Crippen LogP contribution < -0.4 is 4.90 Å². The van der Waals surface area contributed by atoms with Crippen LogP contribution in [-0.4, -0.2) is 18.4 Å². The molecule has 2 heterocycles. The number of anilines is 1. The smallest absolute Gasteiger partial charge is 0.276 e. The summed E-state index contributed by atoms with van der Waals surface area (Å²) in [5, 5.41) is 8.04. The zero-order valence-electron chi connectivity index (χ0n) is 16.7. The summed E-state index contributed by atoms with van der Waals surface area (Å²) in [6.07, 6.45) is 8.82. The number of fused-ring (bicyclic) bond motifs is 2. The number of azo groups is 1. The van der Waals surface area contributed by atoms with Gasteiger partial charge in [-0.3, -0.25) is 9.59 Å². The summed E-state index contributed by atoms with van der Waals surface area (Å²) in [7, 11) is 0. The van der Waals surface area contributed by atoms with E-state index in [2.05, 4.69) is 16.3 Å². The molecule has 5 nitrogen and oxygen atoms in total. The standard InChI is InChI=1S/C25H21N3O2/c1-16-14-17(15-23(29)28-13-12-18-6-2-5-9-22(18)28)10-11-19(16)24-20-7-3-4-8-21(20)25(30)27-26-24/h2-11,14,21H,12-13,15H2,1H3. The number of hydrogen-bond donors (Lipinski definition) is 0. The van der Waals surface area contributed by atoms with E-state index in [1.807, 2.05) is 72.5 Å². The molecule has 5 rings (SSSR count). The third-order valence-corrected chi connectivity index (χ3v) is 5.90. The maximum Gasteiger partial charge on any atom is 0.276 e. The van der Waals surface area contributed by atoms with Gasteiger partial charge in [-0.2, -0.15) is 0 Å². The molecule has 0 spiro atoms. The zero-order valence-corrected chi connectivity index (χ0v) is 16.7. The minimum atomic E-state index is -0.363. The number of benzene rings is 2. The molecule has 2 amide bonds. The molecule has 1 unspecified atom stereocenters. The highest BCUT2D eigenvalue weighted by atomic mass is 16.2. The van der Waals surface area contributed by atoms with Gasteiger partial charge in [0.15, 0.2) is 0 Å². The second kappa shape index (κ2) is 7.34. The summed E-state index contributed by atoms with van der Waals surface area (Å²) in [6.45, 7) is 2.74. The first-order valence-electron chi connectivity index (χ1n) is 10.1. The van der Waals surface area contributed by atoms with Crippen LogP contribution in [0.4, 0.5) is 5.69 Å². The summed E-state index contributed by atoms with van der Waals surface area (Å²) < 4.78 is 0. The fourth-order valence-corrected chi connectivity index (χ4v) is 4.38. The monoisotopic (exact) mass is 395 g/mol. The summed E-state index contributed by atoms with van der Waals surface area (Å²) in [6, 6.07) is 14.1. The number of aryl methyl sites for hydroxylation is 1. The number of hydrogen-bond acceptors (Lipinski definition) is 3. The minimum absolute atomic E-state index is 0.109. The van der Waals surface area contributed by atoms with Crippen LogP contribution in [0.1, 0.15) is 22.3 Å². The van der Waals surface area contributed by atoms with Gasteiger partial charge in [-0.05, 0) is 41.7 Å². The van der Waals surface area contributed by atoms with Crippen LogP contribution in [0.5, 0.6) is 0 Å². The Hall–Kier alpha value is -3.60. The Balaban J connectivity index is 1.40. The van der Waals surface area contributed by atoms with Crippen molar-refractivity contribution in [1.82, 2.24) is 0 Å². The van der Waals surface area contributed by atoms with Crippen LogP contribution in [0.3, 0.4) is 0 Å². The lowest BCUT2D eigenvalue weighted by Crippen LogP contribution is -2.30. The Morgan fingerprint density at radius 3 is 2.87 bits per heavy atom. The maximum atomic E-state index is 12.9. The van der Waals surface area contributed by atoms with Crippen molar-refractivity contribution in [3.63, 3.8) is 0 Å². The molecule has 30 heavy (non-hydrogen) atoms. The minimum Gasteiger partial charge on any atom is -0.312 e. The van der Waals surface area contributed by atoms with Gasteiger partial charge in [0.05, 0.1) is 18.0 Å². The lowest BCUT2D eigenvalue weighted by atomic mass is 9.88. The third-order valence-electron chi connectivity index (χ3n) is 5.90. The van der Waals surface area contributed by atoms with Crippen LogP contribution in [0.2, 0.25) is 0 Å². The van der Waals surface area contributed by atoms with E-state index in [1.54, 1.807) is 0 Å². The van der Waals surface area contributed by atoms with E-state index in [4.69, 9.17) is 0 Å². The summed E-state index contributed by atoms with van der Waals surface area (Å²) in [5.74, 6) is -0.490. The van der Waals surface area contributed by atoms with E-state index < -0.39 is 0 Å². The quantitative estimate of drug-likeness (QED) is 0.764. The van der Waals surface area contributed by atoms with E-state index in [0.717, 1.165) is 46.6 Å². The molecule has 1 atom stereocenters. The topological polar surface area (TPSA) is 62.1 Å². The van der Waals surface area contributed by atoms with Crippen molar-refractivity contribution in [1.29, 1.82) is 0 Å². The molecule has 5 heteroatoms. The number of carbonyl (C=O) groups is 2. The Morgan fingerprint density at radius 1 is 1.13 bits per heavy atom. The largest absolute Gasteiger partial charge is 0.312 e. The highest BCUT2D eigenvalue weighted by Crippen LogP contribution is 2.35. The number of allylic oxidation sites excluding steroid dienone is 3. The van der Waals surface area contributed by atoms with Crippen LogP contribution in [-0.2, 0) is 22.4 Å². The Kier molecular flexibility index (Phi) is 4.51. The van der Waals surface area contributed by atoms with Gasteiger partial charge in [0, 0.05) is 17.8 Å². The van der Waals surface area contributed by atoms with Crippen molar-refractivity contribution >= 4 is 23.2 Å². The SMILES string of the molecule is Cc1cc(CC(=O)N2CCc3ccccc32)ccc1C1=C2C=CC=CC2C(=O)N=N1. The molecule has 148 valence electrons. The average Bonchev–Trinajstić information content (AvgIpc) is 3.19. The lowest BCUT2D eigenvalue weighted by molar-refractivity contribution is -0.120. The van der Waals surface area contributed by atoms with Crippen LogP contribution in [0, 0.1) is 12.8 Å². The molecule has 0 N–H and O–H groups in total. The van der Waals surface area contributed by atoms with Crippen molar-refractivity contribution in [3.8, 4) is 0 Å². The maximum absolute atomic E-state index is 12.9. The second-order valence-corrected chi connectivity index (χ2v) is 7.81. The highest BCUT2D eigenvalue weighted by Gasteiger charge is 2.28. The van der Waals surface area contributed by atoms with Crippen LogP contribution in [0.15, 0.2) is 82.6 Å². The van der Waals surface area contributed by atoms with Crippen molar-refractivity contribution in [2.75, 3.05) is 11.4 Å². The van der Waals surface area contributed by atoms with Gasteiger partial charge in [0.1, 0.15) is 0 Å². The lowest BCUT2D eigenvalue weighted by Gasteiger charge is -2.21. The van der Waals surface area contributed by atoms with Crippen molar-refractivity contribution in [3.05, 3.63) is 94.6 Å². The molecule has 0 fully saturated rings. The van der Waals surface area contributed by atoms with E-state index >= 15 is 0 Å². The fraction of sp³-hybridized carbons (Fsp3) is 0.200. The molecule has 0 radical (unpaired) electrons. The van der Waals surface area contributed by atoms with E-state index in [-0.39, 0.29) is 17.7 Å². The van der Waals surface area contributed by atoms with Gasteiger partial charge >= 0.3 is 0 Å².